The van der Waals surface area contributed by atoms with E-state index < -0.39 is 12.1 Å². The Morgan fingerprint density at radius 3 is 2.68 bits per heavy atom. The first-order valence-corrected chi connectivity index (χ1v) is 12.4. The van der Waals surface area contributed by atoms with Gasteiger partial charge in [0, 0.05) is 49.5 Å². The average Bonchev–Trinajstić information content (AvgIpc) is 2.87. The quantitative estimate of drug-likeness (QED) is 0.459. The Kier molecular flexibility index (Phi) is 8.45. The second kappa shape index (κ2) is 11.7. The third-order valence-corrected chi connectivity index (χ3v) is 6.14. The van der Waals surface area contributed by atoms with Crippen molar-refractivity contribution >= 4 is 11.6 Å². The summed E-state index contributed by atoms with van der Waals surface area (Å²) in [6.45, 7) is 7.59. The molecular formula is C28H31F3N4O2. The molecule has 0 unspecified atom stereocenters. The van der Waals surface area contributed by atoms with Crippen LogP contribution in [0.25, 0.3) is 11.3 Å². The van der Waals surface area contributed by atoms with Crippen molar-refractivity contribution in [2.45, 2.75) is 39.2 Å². The van der Waals surface area contributed by atoms with Gasteiger partial charge in [0.15, 0.2) is 0 Å². The number of carbonyl (C=O) groups excluding carboxylic acids is 1. The first-order valence-electron chi connectivity index (χ1n) is 12.4. The van der Waals surface area contributed by atoms with E-state index in [-0.39, 0.29) is 12.2 Å². The molecule has 0 saturated carbocycles. The number of hydrogen-bond acceptors (Lipinski definition) is 5. The highest BCUT2D eigenvalue weighted by Gasteiger charge is 2.43. The highest BCUT2D eigenvalue weighted by atomic mass is 19.4. The molecule has 1 aromatic heterocycles. The molecule has 0 spiro atoms. The highest BCUT2D eigenvalue weighted by molar-refractivity contribution is 5.97. The summed E-state index contributed by atoms with van der Waals surface area (Å²) < 4.78 is 45.9. The van der Waals surface area contributed by atoms with Gasteiger partial charge in [0.05, 0.1) is 24.5 Å². The standard InChI is InChI=1S/C28H31F3N4O2/c1-3-37-25-11-6-10-24(16-25)35(27(36)28(29,30)31)18-21-7-4-8-22(15-21)26-12-5-9-23(33-26)19-34-14-13-32-20(2)17-34/h4-12,15-16,20,32H,3,13-14,17-19H2,1-2H3/t20-/m0/s1. The fourth-order valence-electron chi connectivity index (χ4n) is 4.47. The van der Waals surface area contributed by atoms with Gasteiger partial charge >= 0.3 is 12.1 Å². The summed E-state index contributed by atoms with van der Waals surface area (Å²) in [5, 5.41) is 3.43. The third kappa shape index (κ3) is 7.08. The molecule has 9 heteroatoms. The Morgan fingerprint density at radius 1 is 1.14 bits per heavy atom. The molecule has 1 N–H and O–H groups in total. The molecule has 1 atom stereocenters. The van der Waals surface area contributed by atoms with Gasteiger partial charge in [-0.05, 0) is 49.7 Å². The van der Waals surface area contributed by atoms with Gasteiger partial charge in [0.1, 0.15) is 5.75 Å². The van der Waals surface area contributed by atoms with E-state index in [1.54, 1.807) is 37.3 Å². The normalized spacial score (nSPS) is 16.4. The number of aromatic nitrogens is 1. The van der Waals surface area contributed by atoms with E-state index in [2.05, 4.69) is 17.1 Å². The van der Waals surface area contributed by atoms with Gasteiger partial charge in [-0.15, -0.1) is 0 Å². The van der Waals surface area contributed by atoms with Crippen molar-refractivity contribution in [1.29, 1.82) is 0 Å². The molecule has 6 nitrogen and oxygen atoms in total. The van der Waals surface area contributed by atoms with Gasteiger partial charge in [-0.2, -0.15) is 13.2 Å². The molecule has 37 heavy (non-hydrogen) atoms. The summed E-state index contributed by atoms with van der Waals surface area (Å²) in [5.41, 5.74) is 3.10. The van der Waals surface area contributed by atoms with E-state index in [1.165, 1.54) is 12.1 Å². The maximum absolute atomic E-state index is 13.5. The molecule has 2 aromatic carbocycles. The van der Waals surface area contributed by atoms with Crippen LogP contribution in [0.2, 0.25) is 0 Å². The molecule has 196 valence electrons. The van der Waals surface area contributed by atoms with Crippen LogP contribution in [-0.4, -0.2) is 54.3 Å². The number of nitrogens with zero attached hydrogens (tertiary/aromatic N) is 3. The lowest BCUT2D eigenvalue weighted by atomic mass is 10.1. The Bertz CT molecular complexity index is 1220. The molecule has 1 aliphatic rings. The Hall–Kier alpha value is -3.43. The van der Waals surface area contributed by atoms with Gasteiger partial charge in [-0.1, -0.05) is 30.3 Å². The molecule has 1 aliphatic heterocycles. The monoisotopic (exact) mass is 512 g/mol. The Balaban J connectivity index is 1.58. The SMILES string of the molecule is CCOc1cccc(N(Cc2cccc(-c3cccc(CN4CCN[C@@H](C)C4)n3)c2)C(=O)C(F)(F)F)c1. The number of amides is 1. The average molecular weight is 513 g/mol. The van der Waals surface area contributed by atoms with Crippen molar-refractivity contribution < 1.29 is 22.7 Å². The summed E-state index contributed by atoms with van der Waals surface area (Å²) in [6, 6.07) is 19.5. The van der Waals surface area contributed by atoms with Gasteiger partial charge in [0.25, 0.3) is 0 Å². The smallest absolute Gasteiger partial charge is 0.471 e. The van der Waals surface area contributed by atoms with Crippen LogP contribution in [0.1, 0.15) is 25.1 Å². The zero-order chi connectivity index (χ0) is 26.4. The lowest BCUT2D eigenvalue weighted by molar-refractivity contribution is -0.170. The lowest BCUT2D eigenvalue weighted by Crippen LogP contribution is -2.48. The summed E-state index contributed by atoms with van der Waals surface area (Å²) in [5.74, 6) is -1.54. The topological polar surface area (TPSA) is 57.7 Å². The van der Waals surface area contributed by atoms with Crippen molar-refractivity contribution in [1.82, 2.24) is 15.2 Å². The molecule has 0 aliphatic carbocycles. The highest BCUT2D eigenvalue weighted by Crippen LogP contribution is 2.29. The fraction of sp³-hybridized carbons (Fsp3) is 0.357. The van der Waals surface area contributed by atoms with Crippen molar-refractivity contribution in [2.24, 2.45) is 0 Å². The van der Waals surface area contributed by atoms with Gasteiger partial charge < -0.3 is 15.0 Å². The van der Waals surface area contributed by atoms with E-state index in [9.17, 15) is 18.0 Å². The Labute approximate surface area is 215 Å². The molecule has 0 bridgehead atoms. The number of ether oxygens (including phenoxy) is 1. The van der Waals surface area contributed by atoms with Crippen LogP contribution in [0.3, 0.4) is 0 Å². The number of piperazine rings is 1. The minimum atomic E-state index is -5.02. The molecule has 4 rings (SSSR count). The second-order valence-electron chi connectivity index (χ2n) is 9.12. The summed E-state index contributed by atoms with van der Waals surface area (Å²) in [4.78, 5) is 20.3. The molecule has 0 radical (unpaired) electrons. The van der Waals surface area contributed by atoms with Gasteiger partial charge in [-0.25, -0.2) is 0 Å². The zero-order valence-corrected chi connectivity index (χ0v) is 21.0. The first kappa shape index (κ1) is 26.6. The van der Waals surface area contributed by atoms with Crippen LogP contribution in [-0.2, 0) is 17.9 Å². The molecule has 1 amide bonds. The van der Waals surface area contributed by atoms with E-state index in [0.29, 0.717) is 24.0 Å². The van der Waals surface area contributed by atoms with Crippen LogP contribution in [0.5, 0.6) is 5.75 Å². The summed E-state index contributed by atoms with van der Waals surface area (Å²) >= 11 is 0. The Morgan fingerprint density at radius 2 is 1.92 bits per heavy atom. The number of pyridine rings is 1. The van der Waals surface area contributed by atoms with E-state index >= 15 is 0 Å². The number of carbonyl (C=O) groups is 1. The number of nitrogens with one attached hydrogen (secondary N) is 1. The van der Waals surface area contributed by atoms with E-state index in [1.807, 2.05) is 24.3 Å². The predicted octanol–water partition coefficient (Wildman–Crippen LogP) is 5.04. The van der Waals surface area contributed by atoms with Crippen LogP contribution >= 0.6 is 0 Å². The van der Waals surface area contributed by atoms with Crippen molar-refractivity contribution in [2.75, 3.05) is 31.1 Å². The number of benzene rings is 2. The minimum absolute atomic E-state index is 0.115. The van der Waals surface area contributed by atoms with Crippen molar-refractivity contribution in [3.63, 3.8) is 0 Å². The van der Waals surface area contributed by atoms with Gasteiger partial charge in [0.2, 0.25) is 0 Å². The van der Waals surface area contributed by atoms with Crippen LogP contribution in [0.4, 0.5) is 18.9 Å². The minimum Gasteiger partial charge on any atom is -0.494 e. The van der Waals surface area contributed by atoms with Gasteiger partial charge in [-0.3, -0.25) is 14.7 Å². The summed E-state index contributed by atoms with van der Waals surface area (Å²) in [6.07, 6.45) is -5.02. The van der Waals surface area contributed by atoms with Crippen molar-refractivity contribution in [3.05, 3.63) is 78.0 Å². The van der Waals surface area contributed by atoms with Crippen LogP contribution < -0.4 is 15.0 Å². The number of rotatable bonds is 8. The maximum atomic E-state index is 13.5. The van der Waals surface area contributed by atoms with Crippen molar-refractivity contribution in [3.8, 4) is 17.0 Å². The molecule has 1 saturated heterocycles. The fourth-order valence-corrected chi connectivity index (χ4v) is 4.47. The molecular weight excluding hydrogens is 481 g/mol. The van der Waals surface area contributed by atoms with Crippen LogP contribution in [0, 0.1) is 0 Å². The zero-order valence-electron chi connectivity index (χ0n) is 21.0. The lowest BCUT2D eigenvalue weighted by Gasteiger charge is -2.31. The van der Waals surface area contributed by atoms with Crippen LogP contribution in [0.15, 0.2) is 66.7 Å². The third-order valence-electron chi connectivity index (χ3n) is 6.14. The van der Waals surface area contributed by atoms with E-state index in [0.717, 1.165) is 48.0 Å². The van der Waals surface area contributed by atoms with E-state index in [4.69, 9.17) is 9.72 Å². The maximum Gasteiger partial charge on any atom is 0.471 e. The molecule has 2 heterocycles. The predicted molar refractivity (Wildman–Crippen MR) is 137 cm³/mol. The molecule has 1 fully saturated rings. The number of alkyl halides is 3. The number of anilines is 1. The second-order valence-corrected chi connectivity index (χ2v) is 9.12. The largest absolute Gasteiger partial charge is 0.494 e. The first-order chi connectivity index (χ1) is 17.7. The molecule has 3 aromatic rings. The number of hydrogen-bond donors (Lipinski definition) is 1. The number of halogens is 3. The summed E-state index contributed by atoms with van der Waals surface area (Å²) in [7, 11) is 0.